The van der Waals surface area contributed by atoms with Crippen LogP contribution in [0.4, 0.5) is 0 Å². The molecule has 1 aliphatic rings. The Balaban J connectivity index is 1.80. The number of aryl methyl sites for hydroxylation is 1. The number of hydrogen-bond donors (Lipinski definition) is 2. The van der Waals surface area contributed by atoms with Crippen molar-refractivity contribution in [3.05, 3.63) is 29.3 Å². The smallest absolute Gasteiger partial charge is 0.188 e. The Labute approximate surface area is 157 Å². The Morgan fingerprint density at radius 3 is 2.73 bits per heavy atom. The number of aliphatic imine (C=N–C) groups is 1. The van der Waals surface area contributed by atoms with E-state index in [1.165, 1.54) is 5.56 Å². The first kappa shape index (κ1) is 20.5. The highest BCUT2D eigenvalue weighted by atomic mass is 16.5. The van der Waals surface area contributed by atoms with E-state index in [0.717, 1.165) is 57.1 Å². The van der Waals surface area contributed by atoms with Crippen molar-refractivity contribution in [2.24, 2.45) is 10.7 Å². The molecule has 0 amide bonds. The van der Waals surface area contributed by atoms with Crippen LogP contribution in [0.5, 0.6) is 5.75 Å². The molecule has 0 saturated carbocycles. The zero-order valence-electron chi connectivity index (χ0n) is 16.7. The number of hydrogen-bond acceptors (Lipinski definition) is 4. The second-order valence-electron chi connectivity index (χ2n) is 7.76. The molecule has 6 heteroatoms. The van der Waals surface area contributed by atoms with E-state index in [9.17, 15) is 0 Å². The maximum absolute atomic E-state index is 6.07. The van der Waals surface area contributed by atoms with Crippen molar-refractivity contribution >= 4 is 5.96 Å². The second-order valence-corrected chi connectivity index (χ2v) is 7.76. The molecular weight excluding hydrogens is 328 g/mol. The number of ether oxygens (including phenoxy) is 2. The molecule has 0 atom stereocenters. The van der Waals surface area contributed by atoms with Crippen LogP contribution in [0.15, 0.2) is 23.2 Å². The summed E-state index contributed by atoms with van der Waals surface area (Å²) in [7, 11) is 0. The predicted molar refractivity (Wildman–Crippen MR) is 107 cm³/mol. The molecule has 26 heavy (non-hydrogen) atoms. The first-order chi connectivity index (χ1) is 12.3. The van der Waals surface area contributed by atoms with Gasteiger partial charge in [0.1, 0.15) is 11.4 Å². The Morgan fingerprint density at radius 1 is 1.31 bits per heavy atom. The van der Waals surface area contributed by atoms with Crippen LogP contribution in [0.1, 0.15) is 38.3 Å². The molecule has 3 N–H and O–H groups in total. The molecule has 1 heterocycles. The van der Waals surface area contributed by atoms with Gasteiger partial charge >= 0.3 is 0 Å². The van der Waals surface area contributed by atoms with Gasteiger partial charge < -0.3 is 20.5 Å². The number of morpholine rings is 1. The molecule has 1 aromatic carbocycles. The van der Waals surface area contributed by atoms with Crippen LogP contribution >= 0.6 is 0 Å². The number of nitrogens with two attached hydrogens (primary N) is 1. The van der Waals surface area contributed by atoms with Crippen molar-refractivity contribution in [3.63, 3.8) is 0 Å². The first-order valence-electron chi connectivity index (χ1n) is 9.46. The van der Waals surface area contributed by atoms with E-state index in [-0.39, 0.29) is 5.60 Å². The van der Waals surface area contributed by atoms with E-state index in [1.54, 1.807) is 0 Å². The fourth-order valence-corrected chi connectivity index (χ4v) is 2.79. The molecule has 2 rings (SSSR count). The van der Waals surface area contributed by atoms with Gasteiger partial charge in [0.25, 0.3) is 0 Å². The number of guanidine groups is 1. The van der Waals surface area contributed by atoms with Gasteiger partial charge in [-0.2, -0.15) is 0 Å². The normalized spacial score (nSPS) is 16.5. The molecule has 1 saturated heterocycles. The van der Waals surface area contributed by atoms with Crippen LogP contribution in [-0.4, -0.2) is 55.9 Å². The number of nitrogens with zero attached hydrogens (tertiary/aromatic N) is 2. The zero-order valence-corrected chi connectivity index (χ0v) is 16.7. The zero-order chi connectivity index (χ0) is 19.0. The van der Waals surface area contributed by atoms with E-state index in [1.807, 2.05) is 20.8 Å². The highest BCUT2D eigenvalue weighted by molar-refractivity contribution is 5.77. The third kappa shape index (κ3) is 7.62. The maximum atomic E-state index is 6.07. The van der Waals surface area contributed by atoms with E-state index in [4.69, 9.17) is 15.2 Å². The highest BCUT2D eigenvalue weighted by Gasteiger charge is 2.15. The molecule has 1 fully saturated rings. The molecule has 1 aromatic rings. The first-order valence-corrected chi connectivity index (χ1v) is 9.46. The summed E-state index contributed by atoms with van der Waals surface area (Å²) in [4.78, 5) is 6.89. The molecule has 0 bridgehead atoms. The Morgan fingerprint density at radius 2 is 2.04 bits per heavy atom. The lowest BCUT2D eigenvalue weighted by Gasteiger charge is -2.26. The Kier molecular flexibility index (Phi) is 7.72. The topological polar surface area (TPSA) is 72.1 Å². The lowest BCUT2D eigenvalue weighted by molar-refractivity contribution is 0.0376. The summed E-state index contributed by atoms with van der Waals surface area (Å²) in [5, 5.41) is 3.20. The van der Waals surface area contributed by atoms with Gasteiger partial charge in [-0.05, 0) is 52.3 Å². The number of benzene rings is 1. The van der Waals surface area contributed by atoms with Gasteiger partial charge in [0, 0.05) is 25.2 Å². The third-order valence-electron chi connectivity index (χ3n) is 4.12. The fraction of sp³-hybridized carbons (Fsp3) is 0.650. The number of rotatable bonds is 7. The summed E-state index contributed by atoms with van der Waals surface area (Å²) in [6.45, 7) is 14.3. The number of nitrogens with one attached hydrogen (secondary N) is 1. The Bertz CT molecular complexity index is 590. The maximum Gasteiger partial charge on any atom is 0.188 e. The molecular formula is C20H34N4O2. The van der Waals surface area contributed by atoms with Gasteiger partial charge in [0.15, 0.2) is 5.96 Å². The van der Waals surface area contributed by atoms with Gasteiger partial charge in [-0.25, -0.2) is 4.99 Å². The average Bonchev–Trinajstić information content (AvgIpc) is 2.57. The molecule has 1 aliphatic heterocycles. The summed E-state index contributed by atoms with van der Waals surface area (Å²) in [6.07, 6.45) is 1.04. The standard InChI is InChI=1S/C20H34N4O2/c1-16-6-7-17(18(14-16)26-20(2,3)4)15-23-19(21)22-8-5-9-24-10-12-25-13-11-24/h6-7,14H,5,8-13,15H2,1-4H3,(H3,21,22,23). The third-order valence-corrected chi connectivity index (χ3v) is 4.12. The van der Waals surface area contributed by atoms with E-state index >= 15 is 0 Å². The summed E-state index contributed by atoms with van der Waals surface area (Å²) >= 11 is 0. The van der Waals surface area contributed by atoms with Gasteiger partial charge in [-0.15, -0.1) is 0 Å². The second kappa shape index (κ2) is 9.78. The molecule has 0 aromatic heterocycles. The molecule has 146 valence electrons. The van der Waals surface area contributed by atoms with Crippen molar-refractivity contribution < 1.29 is 9.47 Å². The van der Waals surface area contributed by atoms with E-state index in [0.29, 0.717) is 12.5 Å². The SMILES string of the molecule is Cc1ccc(CN=C(N)NCCCN2CCOCC2)c(OC(C)(C)C)c1. The fourth-order valence-electron chi connectivity index (χ4n) is 2.79. The minimum absolute atomic E-state index is 0.241. The van der Waals surface area contributed by atoms with Crippen LogP contribution in [0.25, 0.3) is 0 Å². The molecule has 0 radical (unpaired) electrons. The van der Waals surface area contributed by atoms with Crippen LogP contribution in [0, 0.1) is 6.92 Å². The van der Waals surface area contributed by atoms with E-state index < -0.39 is 0 Å². The monoisotopic (exact) mass is 362 g/mol. The summed E-state index contributed by atoms with van der Waals surface area (Å²) < 4.78 is 11.4. The average molecular weight is 363 g/mol. The summed E-state index contributed by atoms with van der Waals surface area (Å²) in [5.41, 5.74) is 7.99. The van der Waals surface area contributed by atoms with Crippen molar-refractivity contribution in [2.45, 2.75) is 46.3 Å². The summed E-state index contributed by atoms with van der Waals surface area (Å²) in [5.74, 6) is 1.36. The highest BCUT2D eigenvalue weighted by Crippen LogP contribution is 2.25. The van der Waals surface area contributed by atoms with Crippen molar-refractivity contribution in [1.82, 2.24) is 10.2 Å². The van der Waals surface area contributed by atoms with Crippen LogP contribution in [0.2, 0.25) is 0 Å². The largest absolute Gasteiger partial charge is 0.488 e. The minimum atomic E-state index is -0.241. The van der Waals surface area contributed by atoms with Gasteiger partial charge in [0.05, 0.1) is 19.8 Å². The van der Waals surface area contributed by atoms with Crippen molar-refractivity contribution in [2.75, 3.05) is 39.4 Å². The molecule has 0 aliphatic carbocycles. The minimum Gasteiger partial charge on any atom is -0.488 e. The lowest BCUT2D eigenvalue weighted by Crippen LogP contribution is -2.39. The quantitative estimate of drug-likeness (QED) is 0.442. The molecule has 6 nitrogen and oxygen atoms in total. The molecule has 0 spiro atoms. The van der Waals surface area contributed by atoms with E-state index in [2.05, 4.69) is 40.3 Å². The Hall–Kier alpha value is -1.79. The van der Waals surface area contributed by atoms with Gasteiger partial charge in [0.2, 0.25) is 0 Å². The van der Waals surface area contributed by atoms with Crippen LogP contribution < -0.4 is 15.8 Å². The van der Waals surface area contributed by atoms with Crippen molar-refractivity contribution in [3.8, 4) is 5.75 Å². The lowest BCUT2D eigenvalue weighted by atomic mass is 10.1. The van der Waals surface area contributed by atoms with Crippen molar-refractivity contribution in [1.29, 1.82) is 0 Å². The van der Waals surface area contributed by atoms with Gasteiger partial charge in [-0.3, -0.25) is 4.90 Å². The van der Waals surface area contributed by atoms with Gasteiger partial charge in [-0.1, -0.05) is 12.1 Å². The van der Waals surface area contributed by atoms with Crippen LogP contribution in [-0.2, 0) is 11.3 Å². The van der Waals surface area contributed by atoms with Crippen LogP contribution in [0.3, 0.4) is 0 Å². The molecule has 0 unspecified atom stereocenters. The predicted octanol–water partition coefficient (Wildman–Crippen LogP) is 2.30. The summed E-state index contributed by atoms with van der Waals surface area (Å²) in [6, 6.07) is 6.19.